The highest BCUT2D eigenvalue weighted by Gasteiger charge is 2.10. The summed E-state index contributed by atoms with van der Waals surface area (Å²) in [5.74, 6) is 1.74. The number of aromatic nitrogens is 2. The summed E-state index contributed by atoms with van der Waals surface area (Å²) in [6.07, 6.45) is 0. The van der Waals surface area contributed by atoms with Crippen LogP contribution in [0.4, 0.5) is 5.82 Å². The summed E-state index contributed by atoms with van der Waals surface area (Å²) in [5.41, 5.74) is 6.59. The van der Waals surface area contributed by atoms with Crippen molar-refractivity contribution < 1.29 is 0 Å². The summed E-state index contributed by atoms with van der Waals surface area (Å²) in [7, 11) is 2.00. The molecular formula is C10H18N4. The van der Waals surface area contributed by atoms with E-state index < -0.39 is 0 Å². The zero-order chi connectivity index (χ0) is 10.7. The van der Waals surface area contributed by atoms with Gasteiger partial charge in [0, 0.05) is 31.4 Å². The number of nitrogens with zero attached hydrogens (tertiary/aromatic N) is 3. The van der Waals surface area contributed by atoms with Crippen molar-refractivity contribution in [2.75, 3.05) is 18.5 Å². The molecule has 2 N–H and O–H groups in total. The van der Waals surface area contributed by atoms with Crippen LogP contribution in [-0.2, 0) is 0 Å². The normalized spacial score (nSPS) is 12.6. The molecule has 1 aromatic heterocycles. The van der Waals surface area contributed by atoms with Gasteiger partial charge in [-0.15, -0.1) is 0 Å². The summed E-state index contributed by atoms with van der Waals surface area (Å²) in [6, 6.07) is 2.27. The summed E-state index contributed by atoms with van der Waals surface area (Å²) in [6.45, 7) is 6.57. The van der Waals surface area contributed by atoms with Crippen LogP contribution in [0.3, 0.4) is 0 Å². The second-order valence-electron chi connectivity index (χ2n) is 3.61. The first-order valence-corrected chi connectivity index (χ1v) is 4.79. The molecule has 0 fully saturated rings. The first-order chi connectivity index (χ1) is 6.54. The Morgan fingerprint density at radius 3 is 2.57 bits per heavy atom. The number of rotatable bonds is 3. The first kappa shape index (κ1) is 10.9. The SMILES string of the molecule is Cc1cc(N(C)C(C)CN)nc(C)n1. The molecule has 0 saturated heterocycles. The molecule has 0 aromatic carbocycles. The molecule has 4 heteroatoms. The van der Waals surface area contributed by atoms with Gasteiger partial charge >= 0.3 is 0 Å². The van der Waals surface area contributed by atoms with Crippen molar-refractivity contribution >= 4 is 5.82 Å². The lowest BCUT2D eigenvalue weighted by molar-refractivity contribution is 0.684. The molecule has 1 unspecified atom stereocenters. The highest BCUT2D eigenvalue weighted by Crippen LogP contribution is 2.12. The van der Waals surface area contributed by atoms with Crippen LogP contribution in [0.2, 0.25) is 0 Å². The average molecular weight is 194 g/mol. The van der Waals surface area contributed by atoms with Gasteiger partial charge in [0.25, 0.3) is 0 Å². The Hall–Kier alpha value is -1.16. The topological polar surface area (TPSA) is 55.0 Å². The molecule has 0 aliphatic carbocycles. The van der Waals surface area contributed by atoms with Crippen LogP contribution in [0, 0.1) is 13.8 Å². The molecule has 1 aromatic rings. The molecule has 1 rings (SSSR count). The smallest absolute Gasteiger partial charge is 0.132 e. The first-order valence-electron chi connectivity index (χ1n) is 4.79. The summed E-state index contributed by atoms with van der Waals surface area (Å²) in [5, 5.41) is 0. The molecule has 0 aliphatic rings. The number of nitrogens with two attached hydrogens (primary N) is 1. The van der Waals surface area contributed by atoms with E-state index in [1.54, 1.807) is 0 Å². The molecule has 0 saturated carbocycles. The second-order valence-corrected chi connectivity index (χ2v) is 3.61. The zero-order valence-corrected chi connectivity index (χ0v) is 9.28. The molecule has 0 bridgehead atoms. The van der Waals surface area contributed by atoms with Crippen LogP contribution in [0.15, 0.2) is 6.07 Å². The van der Waals surface area contributed by atoms with Gasteiger partial charge in [0.1, 0.15) is 11.6 Å². The van der Waals surface area contributed by atoms with Gasteiger partial charge in [-0.2, -0.15) is 0 Å². The van der Waals surface area contributed by atoms with Crippen molar-refractivity contribution in [3.63, 3.8) is 0 Å². The highest BCUT2D eigenvalue weighted by atomic mass is 15.2. The minimum Gasteiger partial charge on any atom is -0.356 e. The third-order valence-electron chi connectivity index (χ3n) is 2.32. The van der Waals surface area contributed by atoms with E-state index in [0.29, 0.717) is 12.6 Å². The molecule has 0 radical (unpaired) electrons. The number of aryl methyl sites for hydroxylation is 2. The molecule has 1 atom stereocenters. The monoisotopic (exact) mass is 194 g/mol. The van der Waals surface area contributed by atoms with Crippen molar-refractivity contribution in [3.8, 4) is 0 Å². The fourth-order valence-electron chi connectivity index (χ4n) is 1.26. The molecule has 0 amide bonds. The lowest BCUT2D eigenvalue weighted by Gasteiger charge is -2.24. The Kier molecular flexibility index (Phi) is 3.41. The zero-order valence-electron chi connectivity index (χ0n) is 9.28. The van der Waals surface area contributed by atoms with E-state index in [2.05, 4.69) is 21.8 Å². The average Bonchev–Trinajstić information content (AvgIpc) is 2.14. The Morgan fingerprint density at radius 2 is 2.07 bits per heavy atom. The molecule has 0 spiro atoms. The van der Waals surface area contributed by atoms with E-state index in [1.165, 1.54) is 0 Å². The van der Waals surface area contributed by atoms with Gasteiger partial charge in [0.15, 0.2) is 0 Å². The van der Waals surface area contributed by atoms with Crippen molar-refractivity contribution in [1.82, 2.24) is 9.97 Å². The molecular weight excluding hydrogens is 176 g/mol. The standard InChI is InChI=1S/C10H18N4/c1-7-5-10(13-9(3)12-7)14(4)8(2)6-11/h5,8H,6,11H2,1-4H3. The Balaban J connectivity index is 2.94. The number of hydrogen-bond donors (Lipinski definition) is 1. The van der Waals surface area contributed by atoms with Gasteiger partial charge in [-0.25, -0.2) is 9.97 Å². The molecule has 1 heterocycles. The van der Waals surface area contributed by atoms with E-state index in [1.807, 2.05) is 27.0 Å². The van der Waals surface area contributed by atoms with E-state index in [9.17, 15) is 0 Å². The van der Waals surface area contributed by atoms with E-state index in [0.717, 1.165) is 17.3 Å². The van der Waals surface area contributed by atoms with Crippen molar-refractivity contribution in [2.45, 2.75) is 26.8 Å². The Morgan fingerprint density at radius 1 is 1.43 bits per heavy atom. The number of anilines is 1. The third-order valence-corrected chi connectivity index (χ3v) is 2.32. The van der Waals surface area contributed by atoms with E-state index in [4.69, 9.17) is 5.73 Å². The van der Waals surface area contributed by atoms with Crippen LogP contribution in [0.1, 0.15) is 18.4 Å². The predicted octanol–water partition coefficient (Wildman–Crippen LogP) is 0.877. The molecule has 14 heavy (non-hydrogen) atoms. The minimum absolute atomic E-state index is 0.295. The third kappa shape index (κ3) is 2.42. The quantitative estimate of drug-likeness (QED) is 0.776. The number of likely N-dealkylation sites (N-methyl/N-ethyl adjacent to an activating group) is 1. The van der Waals surface area contributed by atoms with E-state index in [-0.39, 0.29) is 0 Å². The van der Waals surface area contributed by atoms with Crippen molar-refractivity contribution in [1.29, 1.82) is 0 Å². The summed E-state index contributed by atoms with van der Waals surface area (Å²) in [4.78, 5) is 10.7. The van der Waals surface area contributed by atoms with Gasteiger partial charge in [-0.3, -0.25) is 0 Å². The fraction of sp³-hybridized carbons (Fsp3) is 0.600. The highest BCUT2D eigenvalue weighted by molar-refractivity contribution is 5.39. The van der Waals surface area contributed by atoms with Gasteiger partial charge in [0.2, 0.25) is 0 Å². The maximum Gasteiger partial charge on any atom is 0.132 e. The predicted molar refractivity (Wildman–Crippen MR) is 58.4 cm³/mol. The van der Waals surface area contributed by atoms with Crippen molar-refractivity contribution in [3.05, 3.63) is 17.6 Å². The van der Waals surface area contributed by atoms with Gasteiger partial charge in [-0.1, -0.05) is 0 Å². The lowest BCUT2D eigenvalue weighted by atomic mass is 10.3. The maximum atomic E-state index is 5.60. The number of hydrogen-bond acceptors (Lipinski definition) is 4. The fourth-order valence-corrected chi connectivity index (χ4v) is 1.26. The Labute approximate surface area is 85.2 Å². The van der Waals surface area contributed by atoms with Gasteiger partial charge in [0.05, 0.1) is 0 Å². The second kappa shape index (κ2) is 4.37. The van der Waals surface area contributed by atoms with Crippen LogP contribution < -0.4 is 10.6 Å². The molecule has 0 aliphatic heterocycles. The van der Waals surface area contributed by atoms with Gasteiger partial charge in [-0.05, 0) is 20.8 Å². The molecule has 4 nitrogen and oxygen atoms in total. The largest absolute Gasteiger partial charge is 0.356 e. The van der Waals surface area contributed by atoms with Crippen LogP contribution >= 0.6 is 0 Å². The maximum absolute atomic E-state index is 5.60. The Bertz CT molecular complexity index is 291. The summed E-state index contributed by atoms with van der Waals surface area (Å²) >= 11 is 0. The van der Waals surface area contributed by atoms with Gasteiger partial charge < -0.3 is 10.6 Å². The lowest BCUT2D eigenvalue weighted by Crippen LogP contribution is -2.36. The van der Waals surface area contributed by atoms with Crippen LogP contribution in [0.5, 0.6) is 0 Å². The van der Waals surface area contributed by atoms with Crippen LogP contribution in [0.25, 0.3) is 0 Å². The van der Waals surface area contributed by atoms with Crippen LogP contribution in [-0.4, -0.2) is 29.6 Å². The minimum atomic E-state index is 0.295. The van der Waals surface area contributed by atoms with E-state index >= 15 is 0 Å². The molecule has 78 valence electrons. The van der Waals surface area contributed by atoms with Crippen molar-refractivity contribution in [2.24, 2.45) is 5.73 Å². The summed E-state index contributed by atoms with van der Waals surface area (Å²) < 4.78 is 0.